The highest BCUT2D eigenvalue weighted by Gasteiger charge is 2.08. The third-order valence-corrected chi connectivity index (χ3v) is 4.02. The maximum Gasteiger partial charge on any atom is 0.339 e. The van der Waals surface area contributed by atoms with Crippen LogP contribution in [0.2, 0.25) is 0 Å². The van der Waals surface area contributed by atoms with E-state index in [1.807, 2.05) is 25.1 Å². The van der Waals surface area contributed by atoms with Gasteiger partial charge < -0.3 is 14.8 Å². The van der Waals surface area contributed by atoms with Crippen LogP contribution < -0.4 is 20.2 Å². The minimum atomic E-state index is -0.452. The van der Waals surface area contributed by atoms with Gasteiger partial charge in [-0.1, -0.05) is 36.4 Å². The number of urea groups is 1. The molecule has 6 nitrogen and oxygen atoms in total. The van der Waals surface area contributed by atoms with Crippen molar-refractivity contribution in [2.75, 3.05) is 11.9 Å². The van der Waals surface area contributed by atoms with Crippen LogP contribution in [0.3, 0.4) is 0 Å². The number of nitrogens with one attached hydrogen (secondary N) is 2. The molecule has 0 atom stereocenters. The lowest BCUT2D eigenvalue weighted by molar-refractivity contribution is 0.252. The first kappa shape index (κ1) is 20.9. The van der Waals surface area contributed by atoms with E-state index in [9.17, 15) is 9.18 Å². The van der Waals surface area contributed by atoms with Crippen LogP contribution in [0.15, 0.2) is 77.9 Å². The Balaban J connectivity index is 1.61. The first-order chi connectivity index (χ1) is 14.7. The number of nitrogens with zero attached hydrogens (tertiary/aromatic N) is 1. The molecule has 0 aliphatic rings. The zero-order valence-electron chi connectivity index (χ0n) is 16.5. The third kappa shape index (κ3) is 6.07. The lowest BCUT2D eigenvalue weighted by atomic mass is 10.2. The number of rotatable bonds is 8. The average Bonchev–Trinajstić information content (AvgIpc) is 2.75. The second kappa shape index (κ2) is 10.6. The zero-order chi connectivity index (χ0) is 21.2. The number of halogens is 1. The molecule has 3 aromatic carbocycles. The summed E-state index contributed by atoms with van der Waals surface area (Å²) in [6.45, 7) is 2.38. The van der Waals surface area contributed by atoms with Gasteiger partial charge in [0, 0.05) is 11.3 Å². The summed E-state index contributed by atoms with van der Waals surface area (Å²) < 4.78 is 25.1. The van der Waals surface area contributed by atoms with E-state index in [4.69, 9.17) is 9.47 Å². The highest BCUT2D eigenvalue weighted by Crippen LogP contribution is 2.29. The molecule has 154 valence electrons. The monoisotopic (exact) mass is 407 g/mol. The second-order valence-electron chi connectivity index (χ2n) is 6.21. The molecular weight excluding hydrogens is 385 g/mol. The van der Waals surface area contributed by atoms with Crippen LogP contribution in [-0.2, 0) is 6.61 Å². The predicted octanol–water partition coefficient (Wildman–Crippen LogP) is 4.96. The van der Waals surface area contributed by atoms with Crippen molar-refractivity contribution in [3.8, 4) is 11.5 Å². The number of anilines is 1. The molecule has 0 radical (unpaired) electrons. The number of hydrazone groups is 1. The second-order valence-corrected chi connectivity index (χ2v) is 6.21. The van der Waals surface area contributed by atoms with E-state index in [0.717, 1.165) is 0 Å². The van der Waals surface area contributed by atoms with Gasteiger partial charge in [-0.25, -0.2) is 14.6 Å². The van der Waals surface area contributed by atoms with E-state index in [2.05, 4.69) is 15.8 Å². The molecule has 0 aromatic heterocycles. The quantitative estimate of drug-likeness (QED) is 0.410. The fourth-order valence-corrected chi connectivity index (χ4v) is 2.61. The standard InChI is InChI=1S/C23H22FN3O3/c1-2-29-22-14-17(15-25-27-23(28)26-19-9-4-3-5-10-19)12-13-21(22)30-16-18-8-6-7-11-20(18)24/h3-15H,2,16H2,1H3,(H2,26,27,28)/b25-15+. The van der Waals surface area contributed by atoms with Crippen molar-refractivity contribution in [3.63, 3.8) is 0 Å². The van der Waals surface area contributed by atoms with Gasteiger partial charge in [0.25, 0.3) is 0 Å². The van der Waals surface area contributed by atoms with E-state index in [-0.39, 0.29) is 12.4 Å². The Hall–Kier alpha value is -3.87. The Morgan fingerprint density at radius 1 is 1.00 bits per heavy atom. The van der Waals surface area contributed by atoms with Crippen molar-refractivity contribution in [1.82, 2.24) is 5.43 Å². The number of hydrogen-bond donors (Lipinski definition) is 2. The lowest BCUT2D eigenvalue weighted by Crippen LogP contribution is -2.24. The molecule has 0 spiro atoms. The number of amides is 2. The number of para-hydroxylation sites is 1. The fourth-order valence-electron chi connectivity index (χ4n) is 2.61. The molecular formula is C23H22FN3O3. The first-order valence-electron chi connectivity index (χ1n) is 9.44. The van der Waals surface area contributed by atoms with Gasteiger partial charge in [-0.05, 0) is 48.9 Å². The summed E-state index contributed by atoms with van der Waals surface area (Å²) in [5.74, 6) is 0.678. The zero-order valence-corrected chi connectivity index (χ0v) is 16.5. The topological polar surface area (TPSA) is 72.0 Å². The van der Waals surface area contributed by atoms with E-state index in [1.165, 1.54) is 12.3 Å². The molecule has 2 amide bonds. The van der Waals surface area contributed by atoms with Crippen molar-refractivity contribution >= 4 is 17.9 Å². The van der Waals surface area contributed by atoms with Crippen LogP contribution in [0, 0.1) is 5.82 Å². The maximum atomic E-state index is 13.8. The Kier molecular flexibility index (Phi) is 7.38. The molecule has 3 aromatic rings. The molecule has 0 saturated carbocycles. The van der Waals surface area contributed by atoms with Crippen molar-refractivity contribution in [2.45, 2.75) is 13.5 Å². The van der Waals surface area contributed by atoms with Crippen LogP contribution in [-0.4, -0.2) is 18.9 Å². The molecule has 0 saturated heterocycles. The van der Waals surface area contributed by atoms with Crippen LogP contribution in [0.25, 0.3) is 0 Å². The molecule has 0 fully saturated rings. The van der Waals surface area contributed by atoms with Crippen LogP contribution in [0.1, 0.15) is 18.1 Å². The molecule has 0 aliphatic carbocycles. The van der Waals surface area contributed by atoms with E-state index < -0.39 is 6.03 Å². The van der Waals surface area contributed by atoms with Gasteiger partial charge in [0.05, 0.1) is 12.8 Å². The third-order valence-electron chi connectivity index (χ3n) is 4.02. The lowest BCUT2D eigenvalue weighted by Gasteiger charge is -2.13. The minimum absolute atomic E-state index is 0.0847. The van der Waals surface area contributed by atoms with Crippen molar-refractivity contribution in [1.29, 1.82) is 0 Å². The summed E-state index contributed by atoms with van der Waals surface area (Å²) in [7, 11) is 0. The van der Waals surface area contributed by atoms with Crippen molar-refractivity contribution in [2.24, 2.45) is 5.10 Å². The highest BCUT2D eigenvalue weighted by molar-refractivity contribution is 5.90. The Labute approximate surface area is 174 Å². The SMILES string of the molecule is CCOc1cc(/C=N/NC(=O)Nc2ccccc2)ccc1OCc1ccccc1F. The van der Waals surface area contributed by atoms with Crippen LogP contribution in [0.5, 0.6) is 11.5 Å². The van der Waals surface area contributed by atoms with Gasteiger partial charge in [0.1, 0.15) is 12.4 Å². The largest absolute Gasteiger partial charge is 0.490 e. The van der Waals surface area contributed by atoms with Gasteiger partial charge in [0.2, 0.25) is 0 Å². The van der Waals surface area contributed by atoms with E-state index in [1.54, 1.807) is 48.5 Å². The number of carbonyl (C=O) groups is 1. The van der Waals surface area contributed by atoms with Gasteiger partial charge in [-0.15, -0.1) is 0 Å². The molecule has 0 aliphatic heterocycles. The normalized spacial score (nSPS) is 10.6. The van der Waals surface area contributed by atoms with Crippen LogP contribution in [0.4, 0.5) is 14.9 Å². The molecule has 0 bridgehead atoms. The Morgan fingerprint density at radius 2 is 1.77 bits per heavy atom. The van der Waals surface area contributed by atoms with Gasteiger partial charge in [-0.2, -0.15) is 5.10 Å². The smallest absolute Gasteiger partial charge is 0.339 e. The molecule has 3 rings (SSSR count). The summed E-state index contributed by atoms with van der Waals surface area (Å²) >= 11 is 0. The first-order valence-corrected chi connectivity index (χ1v) is 9.44. The number of hydrogen-bond acceptors (Lipinski definition) is 4. The van der Waals surface area contributed by atoms with Gasteiger partial charge in [-0.3, -0.25) is 0 Å². The van der Waals surface area contributed by atoms with Gasteiger partial charge in [0.15, 0.2) is 11.5 Å². The van der Waals surface area contributed by atoms with Crippen LogP contribution >= 0.6 is 0 Å². The molecule has 7 heteroatoms. The average molecular weight is 407 g/mol. The van der Waals surface area contributed by atoms with Crippen molar-refractivity contribution in [3.05, 3.63) is 89.7 Å². The summed E-state index contributed by atoms with van der Waals surface area (Å²) in [6, 6.07) is 20.3. The maximum absolute atomic E-state index is 13.8. The summed E-state index contributed by atoms with van der Waals surface area (Å²) in [4.78, 5) is 11.9. The van der Waals surface area contributed by atoms with Crippen molar-refractivity contribution < 1.29 is 18.7 Å². The summed E-state index contributed by atoms with van der Waals surface area (Å²) in [6.07, 6.45) is 1.49. The van der Waals surface area contributed by atoms with Gasteiger partial charge >= 0.3 is 6.03 Å². The van der Waals surface area contributed by atoms with E-state index >= 15 is 0 Å². The molecule has 0 unspecified atom stereocenters. The Morgan fingerprint density at radius 3 is 2.53 bits per heavy atom. The molecule has 30 heavy (non-hydrogen) atoms. The number of ether oxygens (including phenoxy) is 2. The predicted molar refractivity (Wildman–Crippen MR) is 115 cm³/mol. The van der Waals surface area contributed by atoms with E-state index in [0.29, 0.717) is 34.9 Å². The Bertz CT molecular complexity index is 1010. The summed E-state index contributed by atoms with van der Waals surface area (Å²) in [5.41, 5.74) is 4.23. The molecule has 2 N–H and O–H groups in total. The fraction of sp³-hybridized carbons (Fsp3) is 0.130. The number of carbonyl (C=O) groups excluding carboxylic acids is 1. The number of benzene rings is 3. The highest BCUT2D eigenvalue weighted by atomic mass is 19.1. The summed E-state index contributed by atoms with van der Waals surface area (Å²) in [5, 5.41) is 6.61. The minimum Gasteiger partial charge on any atom is -0.490 e. The molecule has 0 heterocycles.